The minimum atomic E-state index is -3.84. The molecular weight excluding hydrogens is 334 g/mol. The minimum Gasteiger partial charge on any atom is -0.278 e. The van der Waals surface area contributed by atoms with Crippen LogP contribution in [0.3, 0.4) is 0 Å². The van der Waals surface area contributed by atoms with E-state index in [1.54, 1.807) is 22.5 Å². The first-order chi connectivity index (χ1) is 9.88. The van der Waals surface area contributed by atoms with E-state index in [9.17, 15) is 8.42 Å². The van der Waals surface area contributed by atoms with Gasteiger partial charge in [-0.25, -0.2) is 4.98 Å². The van der Waals surface area contributed by atoms with Gasteiger partial charge in [-0.15, -0.1) is 11.3 Å². The molecule has 112 valence electrons. The number of anilines is 1. The normalized spacial score (nSPS) is 12.4. The molecule has 0 spiro atoms. The highest BCUT2D eigenvalue weighted by Crippen LogP contribution is 2.27. The largest absolute Gasteiger partial charge is 0.281 e. The average molecular weight is 346 g/mol. The van der Waals surface area contributed by atoms with E-state index in [1.807, 2.05) is 13.8 Å². The number of nitrogens with one attached hydrogen (secondary N) is 1. The SMILES string of the molecule is CC(C)n1cc(NS(=O)(=O)c2c(Cl)nc3sccn23)cn1. The van der Waals surface area contributed by atoms with Gasteiger partial charge < -0.3 is 0 Å². The zero-order valence-electron chi connectivity index (χ0n) is 11.2. The van der Waals surface area contributed by atoms with Crippen molar-refractivity contribution in [2.24, 2.45) is 0 Å². The van der Waals surface area contributed by atoms with Crippen LogP contribution in [-0.2, 0) is 10.0 Å². The van der Waals surface area contributed by atoms with Gasteiger partial charge in [0.1, 0.15) is 0 Å². The Balaban J connectivity index is 2.00. The number of nitrogens with zero attached hydrogens (tertiary/aromatic N) is 4. The fourth-order valence-electron chi connectivity index (χ4n) is 1.86. The zero-order valence-corrected chi connectivity index (χ0v) is 13.6. The summed E-state index contributed by atoms with van der Waals surface area (Å²) >= 11 is 7.26. The van der Waals surface area contributed by atoms with E-state index in [1.165, 1.54) is 21.9 Å². The Morgan fingerprint density at radius 3 is 2.86 bits per heavy atom. The summed E-state index contributed by atoms with van der Waals surface area (Å²) in [6.45, 7) is 3.90. The van der Waals surface area contributed by atoms with E-state index in [0.717, 1.165) is 0 Å². The Hall–Kier alpha value is -1.58. The molecule has 3 aromatic heterocycles. The quantitative estimate of drug-likeness (QED) is 0.788. The second kappa shape index (κ2) is 5.00. The Labute approximate surface area is 130 Å². The van der Waals surface area contributed by atoms with E-state index in [2.05, 4.69) is 14.8 Å². The summed E-state index contributed by atoms with van der Waals surface area (Å²) in [6, 6.07) is 0.144. The molecule has 3 rings (SSSR count). The molecular formula is C11H12ClN5O2S2. The first-order valence-electron chi connectivity index (χ1n) is 6.06. The van der Waals surface area contributed by atoms with Gasteiger partial charge in [0.25, 0.3) is 10.0 Å². The van der Waals surface area contributed by atoms with Crippen molar-refractivity contribution >= 4 is 43.6 Å². The molecule has 1 N–H and O–H groups in total. The molecule has 0 saturated heterocycles. The van der Waals surface area contributed by atoms with Gasteiger partial charge in [-0.1, -0.05) is 11.6 Å². The van der Waals surface area contributed by atoms with Crippen molar-refractivity contribution in [2.45, 2.75) is 24.9 Å². The molecule has 0 fully saturated rings. The predicted octanol–water partition coefficient (Wildman–Crippen LogP) is 2.63. The molecule has 0 amide bonds. The third kappa shape index (κ3) is 2.52. The van der Waals surface area contributed by atoms with Crippen LogP contribution in [0, 0.1) is 0 Å². The number of aromatic nitrogens is 4. The monoisotopic (exact) mass is 345 g/mol. The Morgan fingerprint density at radius 1 is 1.43 bits per heavy atom. The van der Waals surface area contributed by atoms with Gasteiger partial charge in [-0.2, -0.15) is 13.5 Å². The summed E-state index contributed by atoms with van der Waals surface area (Å²) in [7, 11) is -3.84. The van der Waals surface area contributed by atoms with Crippen molar-refractivity contribution in [3.8, 4) is 0 Å². The molecule has 10 heteroatoms. The summed E-state index contributed by atoms with van der Waals surface area (Å²) in [5.41, 5.74) is 0.380. The van der Waals surface area contributed by atoms with Crippen molar-refractivity contribution in [3.63, 3.8) is 0 Å². The van der Waals surface area contributed by atoms with Crippen molar-refractivity contribution in [3.05, 3.63) is 29.1 Å². The second-order valence-corrected chi connectivity index (χ2v) is 7.50. The highest BCUT2D eigenvalue weighted by Gasteiger charge is 2.25. The van der Waals surface area contributed by atoms with Gasteiger partial charge in [-0.3, -0.25) is 13.8 Å². The highest BCUT2D eigenvalue weighted by molar-refractivity contribution is 7.92. The number of halogens is 1. The fraction of sp³-hybridized carbons (Fsp3) is 0.273. The van der Waals surface area contributed by atoms with Crippen molar-refractivity contribution in [2.75, 3.05) is 4.72 Å². The predicted molar refractivity (Wildman–Crippen MR) is 81.5 cm³/mol. The lowest BCUT2D eigenvalue weighted by molar-refractivity contribution is 0.532. The number of imidazole rings is 1. The minimum absolute atomic E-state index is 0.0504. The van der Waals surface area contributed by atoms with Crippen LogP contribution in [0.15, 0.2) is 29.0 Å². The maximum absolute atomic E-state index is 12.5. The summed E-state index contributed by atoms with van der Waals surface area (Å²) in [6.07, 6.45) is 4.70. The molecule has 0 aliphatic rings. The van der Waals surface area contributed by atoms with Gasteiger partial charge in [0, 0.05) is 23.8 Å². The molecule has 0 saturated carbocycles. The van der Waals surface area contributed by atoms with E-state index >= 15 is 0 Å². The van der Waals surface area contributed by atoms with Crippen LogP contribution in [0.2, 0.25) is 5.15 Å². The lowest BCUT2D eigenvalue weighted by atomic mass is 10.4. The van der Waals surface area contributed by atoms with Gasteiger partial charge in [0.15, 0.2) is 15.1 Å². The maximum Gasteiger partial charge on any atom is 0.281 e. The molecule has 3 heterocycles. The first-order valence-corrected chi connectivity index (χ1v) is 8.80. The van der Waals surface area contributed by atoms with E-state index in [0.29, 0.717) is 10.6 Å². The third-order valence-electron chi connectivity index (χ3n) is 2.82. The maximum atomic E-state index is 12.5. The van der Waals surface area contributed by atoms with Gasteiger partial charge in [-0.05, 0) is 13.8 Å². The summed E-state index contributed by atoms with van der Waals surface area (Å²) in [4.78, 5) is 4.55. The zero-order chi connectivity index (χ0) is 15.2. The van der Waals surface area contributed by atoms with Crippen molar-refractivity contribution in [1.82, 2.24) is 19.2 Å². The summed E-state index contributed by atoms with van der Waals surface area (Å²) in [5.74, 6) is 0. The molecule has 21 heavy (non-hydrogen) atoms. The smallest absolute Gasteiger partial charge is 0.278 e. The molecule has 0 unspecified atom stereocenters. The first kappa shape index (κ1) is 14.4. The number of fused-ring (bicyclic) bond motifs is 1. The van der Waals surface area contributed by atoms with Crippen molar-refractivity contribution < 1.29 is 8.42 Å². The molecule has 3 aromatic rings. The fourth-order valence-corrected chi connectivity index (χ4v) is 4.34. The number of thiazole rings is 1. The molecule has 7 nitrogen and oxygen atoms in total. The van der Waals surface area contributed by atoms with Crippen LogP contribution in [0.4, 0.5) is 5.69 Å². The number of sulfonamides is 1. The van der Waals surface area contributed by atoms with Crippen LogP contribution in [0.1, 0.15) is 19.9 Å². The lowest BCUT2D eigenvalue weighted by Crippen LogP contribution is -2.15. The highest BCUT2D eigenvalue weighted by atomic mass is 35.5. The molecule has 0 aliphatic heterocycles. The van der Waals surface area contributed by atoms with E-state index in [4.69, 9.17) is 11.6 Å². The topological polar surface area (TPSA) is 81.3 Å². The Morgan fingerprint density at radius 2 is 2.19 bits per heavy atom. The number of rotatable bonds is 4. The van der Waals surface area contributed by atoms with Gasteiger partial charge in [0.2, 0.25) is 0 Å². The van der Waals surface area contributed by atoms with E-state index in [-0.39, 0.29) is 16.2 Å². The van der Waals surface area contributed by atoms with Gasteiger partial charge in [0.05, 0.1) is 11.9 Å². The molecule has 0 atom stereocenters. The lowest BCUT2D eigenvalue weighted by Gasteiger charge is -2.06. The van der Waals surface area contributed by atoms with Gasteiger partial charge >= 0.3 is 0 Å². The molecule has 0 aromatic carbocycles. The molecule has 0 radical (unpaired) electrons. The third-order valence-corrected chi connectivity index (χ3v) is 5.35. The average Bonchev–Trinajstić information content (AvgIpc) is 3.02. The number of hydrogen-bond acceptors (Lipinski definition) is 5. The summed E-state index contributed by atoms with van der Waals surface area (Å²) in [5, 5.41) is 5.71. The molecule has 0 aliphatic carbocycles. The molecule has 0 bridgehead atoms. The standard InChI is InChI=1S/C11H12ClN5O2S2/c1-7(2)17-6-8(5-13-17)15-21(18,19)10-9(12)14-11-16(10)3-4-20-11/h3-7,15H,1-2H3. The van der Waals surface area contributed by atoms with E-state index < -0.39 is 10.0 Å². The Bertz CT molecular complexity index is 893. The second-order valence-electron chi connectivity index (χ2n) is 4.67. The van der Waals surface area contributed by atoms with Crippen LogP contribution in [0.5, 0.6) is 0 Å². The van der Waals surface area contributed by atoms with Crippen LogP contribution < -0.4 is 4.72 Å². The Kier molecular flexibility index (Phi) is 3.42. The number of hydrogen-bond donors (Lipinski definition) is 1. The van der Waals surface area contributed by atoms with Crippen LogP contribution in [0.25, 0.3) is 4.96 Å². The van der Waals surface area contributed by atoms with Crippen LogP contribution >= 0.6 is 22.9 Å². The van der Waals surface area contributed by atoms with Crippen LogP contribution in [-0.4, -0.2) is 27.6 Å². The van der Waals surface area contributed by atoms with Crippen molar-refractivity contribution in [1.29, 1.82) is 0 Å². The summed E-state index contributed by atoms with van der Waals surface area (Å²) < 4.78 is 30.5.